The summed E-state index contributed by atoms with van der Waals surface area (Å²) in [6.07, 6.45) is -13.5. The van der Waals surface area contributed by atoms with Crippen LogP contribution in [0.2, 0.25) is 0 Å². The first-order valence-corrected chi connectivity index (χ1v) is 6.14. The molecule has 0 aliphatic carbocycles. The van der Waals surface area contributed by atoms with Crippen molar-refractivity contribution in [2.24, 2.45) is 0 Å². The van der Waals surface area contributed by atoms with E-state index < -0.39 is 71.1 Å². The lowest BCUT2D eigenvalue weighted by molar-refractivity contribution is -0.392. The highest BCUT2D eigenvalue weighted by Crippen LogP contribution is 2.52. The second kappa shape index (κ2) is 6.12. The molecule has 0 heterocycles. The average molecular weight is 428 g/mol. The van der Waals surface area contributed by atoms with Crippen LogP contribution in [0.1, 0.15) is 11.1 Å². The first-order chi connectivity index (χ1) is 11.6. The molecular weight excluding hydrogens is 423 g/mol. The molecule has 0 saturated heterocycles. The van der Waals surface area contributed by atoms with Gasteiger partial charge in [-0.05, 0) is 18.2 Å². The quantitative estimate of drug-likeness (QED) is 0.696. The van der Waals surface area contributed by atoms with E-state index in [1.165, 1.54) is 0 Å². The predicted molar refractivity (Wildman–Crippen MR) is 58.4 cm³/mol. The van der Waals surface area contributed by atoms with Crippen molar-refractivity contribution in [3.63, 3.8) is 0 Å². The first-order valence-electron chi connectivity index (χ1n) is 6.14. The highest BCUT2D eigenvalue weighted by Gasteiger charge is 2.74. The van der Waals surface area contributed by atoms with Gasteiger partial charge in [0.2, 0.25) is 0 Å². The molecule has 0 aliphatic rings. The summed E-state index contributed by atoms with van der Waals surface area (Å²) in [6, 6.07) is -2.19. The van der Waals surface area contributed by atoms with Crippen LogP contribution in [0, 0.1) is 5.82 Å². The van der Waals surface area contributed by atoms with Gasteiger partial charge < -0.3 is 10.2 Å². The molecule has 0 bridgehead atoms. The van der Waals surface area contributed by atoms with Crippen LogP contribution in [0.5, 0.6) is 0 Å². The Labute approximate surface area is 139 Å². The maximum absolute atomic E-state index is 13.6. The molecule has 1 aromatic rings. The summed E-state index contributed by atoms with van der Waals surface area (Å²) in [5.74, 6) is -28.0. The Kier molecular flexibility index (Phi) is 5.27. The minimum Gasteiger partial charge on any atom is -0.350 e. The van der Waals surface area contributed by atoms with E-state index in [1.54, 1.807) is 0 Å². The molecular formula is C12H5F13O2. The third-order valence-corrected chi connectivity index (χ3v) is 3.25. The second-order valence-corrected chi connectivity index (χ2v) is 5.08. The topological polar surface area (TPSA) is 40.5 Å². The smallest absolute Gasteiger partial charge is 0.350 e. The van der Waals surface area contributed by atoms with Gasteiger partial charge in [-0.3, -0.25) is 0 Å². The summed E-state index contributed by atoms with van der Waals surface area (Å²) in [7, 11) is 0. The molecule has 2 N–H and O–H groups in total. The lowest BCUT2D eigenvalue weighted by atomic mass is 9.93. The SMILES string of the molecule is OC(F)(C(F)(F)F)C(F)(F)c1ccc(F)c(C(F)(F)C(O)(F)C(F)(F)F)c1. The summed E-state index contributed by atoms with van der Waals surface area (Å²) in [5, 5.41) is 16.7. The van der Waals surface area contributed by atoms with Crippen LogP contribution in [0.15, 0.2) is 18.2 Å². The van der Waals surface area contributed by atoms with Gasteiger partial charge in [0.05, 0.1) is 5.56 Å². The van der Waals surface area contributed by atoms with Crippen LogP contribution in [-0.2, 0) is 11.8 Å². The summed E-state index contributed by atoms with van der Waals surface area (Å²) in [6.45, 7) is 0. The number of hydrogen-bond donors (Lipinski definition) is 2. The normalized spacial score (nSPS) is 18.8. The van der Waals surface area contributed by atoms with E-state index in [-0.39, 0.29) is 0 Å². The Morgan fingerprint density at radius 1 is 0.593 bits per heavy atom. The monoisotopic (exact) mass is 428 g/mol. The number of halogens is 13. The largest absolute Gasteiger partial charge is 0.455 e. The van der Waals surface area contributed by atoms with E-state index in [2.05, 4.69) is 0 Å². The van der Waals surface area contributed by atoms with Gasteiger partial charge in [-0.15, -0.1) is 0 Å². The zero-order valence-corrected chi connectivity index (χ0v) is 12.0. The van der Waals surface area contributed by atoms with Crippen molar-refractivity contribution < 1.29 is 67.3 Å². The minimum atomic E-state index is -6.80. The summed E-state index contributed by atoms with van der Waals surface area (Å²) in [4.78, 5) is 0. The lowest BCUT2D eigenvalue weighted by Crippen LogP contribution is -2.55. The summed E-state index contributed by atoms with van der Waals surface area (Å²) < 4.78 is 167. The zero-order chi connectivity index (χ0) is 21.9. The molecule has 2 nitrogen and oxygen atoms in total. The van der Waals surface area contributed by atoms with Crippen LogP contribution >= 0.6 is 0 Å². The highest BCUT2D eigenvalue weighted by atomic mass is 19.4. The van der Waals surface area contributed by atoms with Gasteiger partial charge in [0.15, 0.2) is 0 Å². The Bertz CT molecular complexity index is 702. The van der Waals surface area contributed by atoms with Crippen LogP contribution in [0.4, 0.5) is 57.1 Å². The molecule has 0 spiro atoms. The van der Waals surface area contributed by atoms with Gasteiger partial charge in [0.1, 0.15) is 5.82 Å². The zero-order valence-electron chi connectivity index (χ0n) is 12.0. The predicted octanol–water partition coefficient (Wildman–Crippen LogP) is 4.45. The van der Waals surface area contributed by atoms with Gasteiger partial charge in [-0.25, -0.2) is 4.39 Å². The molecule has 1 rings (SSSR count). The van der Waals surface area contributed by atoms with Gasteiger partial charge in [-0.2, -0.15) is 52.7 Å². The Hall–Kier alpha value is -1.77. The number of benzene rings is 1. The van der Waals surface area contributed by atoms with Crippen molar-refractivity contribution >= 4 is 0 Å². The Morgan fingerprint density at radius 3 is 1.33 bits per heavy atom. The number of aliphatic hydroxyl groups is 2. The van der Waals surface area contributed by atoms with E-state index in [0.29, 0.717) is 0 Å². The fourth-order valence-corrected chi connectivity index (χ4v) is 1.69. The maximum atomic E-state index is 13.6. The van der Waals surface area contributed by atoms with Gasteiger partial charge in [-0.1, -0.05) is 0 Å². The van der Waals surface area contributed by atoms with Gasteiger partial charge in [0, 0.05) is 5.56 Å². The van der Waals surface area contributed by atoms with E-state index in [0.717, 1.165) is 0 Å². The van der Waals surface area contributed by atoms with Crippen LogP contribution in [0.25, 0.3) is 0 Å². The second-order valence-electron chi connectivity index (χ2n) is 5.08. The number of alkyl halides is 12. The molecule has 1 aromatic carbocycles. The molecule has 0 amide bonds. The van der Waals surface area contributed by atoms with E-state index in [1.807, 2.05) is 0 Å². The fraction of sp³-hybridized carbons (Fsp3) is 0.500. The highest BCUT2D eigenvalue weighted by molar-refractivity contribution is 5.34. The van der Waals surface area contributed by atoms with Crippen molar-refractivity contribution in [1.29, 1.82) is 0 Å². The maximum Gasteiger partial charge on any atom is 0.455 e. The molecule has 0 radical (unpaired) electrons. The Balaban J connectivity index is 3.67. The van der Waals surface area contributed by atoms with Gasteiger partial charge >= 0.3 is 35.9 Å². The molecule has 0 saturated carbocycles. The summed E-state index contributed by atoms with van der Waals surface area (Å²) >= 11 is 0. The standard InChI is InChI=1S/C12H5F13O2/c13-6-2-1-4(7(14,15)9(18,26)11(20,21)22)3-5(6)8(16,17)10(19,27)12(23,24)25/h1-3,26-27H. The van der Waals surface area contributed by atoms with E-state index in [9.17, 15) is 57.1 Å². The van der Waals surface area contributed by atoms with Crippen LogP contribution in [0.3, 0.4) is 0 Å². The molecule has 15 heteroatoms. The van der Waals surface area contributed by atoms with Crippen molar-refractivity contribution in [3.05, 3.63) is 35.1 Å². The third kappa shape index (κ3) is 3.41. The Morgan fingerprint density at radius 2 is 0.963 bits per heavy atom. The average Bonchev–Trinajstić information content (AvgIpc) is 2.44. The molecule has 27 heavy (non-hydrogen) atoms. The first kappa shape index (κ1) is 23.3. The number of hydrogen-bond acceptors (Lipinski definition) is 2. The third-order valence-electron chi connectivity index (χ3n) is 3.25. The molecule has 0 aromatic heterocycles. The van der Waals surface area contributed by atoms with Crippen molar-refractivity contribution in [1.82, 2.24) is 0 Å². The lowest BCUT2D eigenvalue weighted by Gasteiger charge is -2.33. The number of rotatable bonds is 4. The fourth-order valence-electron chi connectivity index (χ4n) is 1.69. The molecule has 2 atom stereocenters. The molecule has 156 valence electrons. The summed E-state index contributed by atoms with van der Waals surface area (Å²) in [5.41, 5.74) is -5.56. The minimum absolute atomic E-state index is 0.476. The van der Waals surface area contributed by atoms with E-state index >= 15 is 0 Å². The van der Waals surface area contributed by atoms with Crippen LogP contribution < -0.4 is 0 Å². The van der Waals surface area contributed by atoms with Gasteiger partial charge in [0.25, 0.3) is 0 Å². The van der Waals surface area contributed by atoms with Crippen molar-refractivity contribution in [2.75, 3.05) is 0 Å². The van der Waals surface area contributed by atoms with Crippen molar-refractivity contribution in [3.8, 4) is 0 Å². The van der Waals surface area contributed by atoms with E-state index in [4.69, 9.17) is 10.2 Å². The molecule has 0 fully saturated rings. The van der Waals surface area contributed by atoms with Crippen LogP contribution in [-0.4, -0.2) is 34.3 Å². The molecule has 0 aliphatic heterocycles. The molecule has 2 unspecified atom stereocenters. The van der Waals surface area contributed by atoms with Crippen molar-refractivity contribution in [2.45, 2.75) is 35.9 Å².